The van der Waals surface area contributed by atoms with E-state index in [1.54, 1.807) is 5.57 Å². The molecule has 70 valence electrons. The second-order valence-electron chi connectivity index (χ2n) is 4.18. The predicted molar refractivity (Wildman–Crippen MR) is 57.6 cm³/mol. The zero-order valence-corrected chi connectivity index (χ0v) is 8.42. The third-order valence-corrected chi connectivity index (χ3v) is 3.04. The topological polar surface area (TPSA) is 0 Å². The highest BCUT2D eigenvalue weighted by molar-refractivity contribution is 5.28. The molecule has 1 atom stereocenters. The maximum absolute atomic E-state index is 2.47. The summed E-state index contributed by atoms with van der Waals surface area (Å²) in [5.41, 5.74) is 3.12. The summed E-state index contributed by atoms with van der Waals surface area (Å²) in [6.45, 7) is 2.20. The summed E-state index contributed by atoms with van der Waals surface area (Å²) in [5.74, 6) is 0.727. The van der Waals surface area contributed by atoms with Crippen LogP contribution < -0.4 is 0 Å². The van der Waals surface area contributed by atoms with Gasteiger partial charge in [-0.2, -0.15) is 0 Å². The first-order chi connectivity index (χ1) is 6.36. The Hall–Kier alpha value is -0.780. The highest BCUT2D eigenvalue weighted by Crippen LogP contribution is 2.30. The first-order valence-electron chi connectivity index (χ1n) is 5.40. The molecule has 0 spiro atoms. The monoisotopic (exact) mass is 174 g/mol. The third kappa shape index (κ3) is 2.12. The van der Waals surface area contributed by atoms with Crippen LogP contribution in [0.4, 0.5) is 0 Å². The van der Waals surface area contributed by atoms with E-state index >= 15 is 0 Å². The van der Waals surface area contributed by atoms with Gasteiger partial charge in [0.15, 0.2) is 0 Å². The fraction of sp³-hybridized carbons (Fsp3) is 0.538. The molecule has 0 heteroatoms. The lowest BCUT2D eigenvalue weighted by atomic mass is 9.84. The molecule has 0 nitrogen and oxygen atoms in total. The molecule has 0 aliphatic heterocycles. The van der Waals surface area contributed by atoms with Crippen molar-refractivity contribution >= 4 is 0 Å². The quantitative estimate of drug-likeness (QED) is 0.527. The summed E-state index contributed by atoms with van der Waals surface area (Å²) in [4.78, 5) is 0. The van der Waals surface area contributed by atoms with Gasteiger partial charge in [-0.05, 0) is 39.0 Å². The molecule has 1 unspecified atom stereocenters. The minimum absolute atomic E-state index is 0.727. The summed E-state index contributed by atoms with van der Waals surface area (Å²) >= 11 is 0. The first-order valence-corrected chi connectivity index (χ1v) is 5.40. The van der Waals surface area contributed by atoms with E-state index in [0.29, 0.717) is 0 Å². The van der Waals surface area contributed by atoms with E-state index in [1.165, 1.54) is 37.7 Å². The van der Waals surface area contributed by atoms with E-state index in [9.17, 15) is 0 Å². The summed E-state index contributed by atoms with van der Waals surface area (Å²) in [7, 11) is 0. The Labute approximate surface area is 81.0 Å². The van der Waals surface area contributed by atoms with Crippen LogP contribution in [0.2, 0.25) is 0 Å². The predicted octanol–water partition coefficient (Wildman–Crippen LogP) is 4.01. The molecule has 0 bridgehead atoms. The average Bonchev–Trinajstić information content (AvgIpc) is 2.19. The van der Waals surface area contributed by atoms with Gasteiger partial charge in [-0.25, -0.2) is 0 Å². The van der Waals surface area contributed by atoms with E-state index in [4.69, 9.17) is 0 Å². The summed E-state index contributed by atoms with van der Waals surface area (Å²) < 4.78 is 0. The smallest absolute Gasteiger partial charge is 0.00170 e. The molecule has 2 aliphatic carbocycles. The van der Waals surface area contributed by atoms with Gasteiger partial charge in [0.2, 0.25) is 0 Å². The average molecular weight is 174 g/mol. The van der Waals surface area contributed by atoms with Crippen molar-refractivity contribution in [3.05, 3.63) is 35.5 Å². The number of allylic oxidation sites excluding steroid dienone is 6. The van der Waals surface area contributed by atoms with Crippen molar-refractivity contribution in [1.29, 1.82) is 0 Å². The molecule has 2 rings (SSSR count). The lowest BCUT2D eigenvalue weighted by Crippen LogP contribution is -2.06. The highest BCUT2D eigenvalue weighted by Gasteiger charge is 2.14. The summed E-state index contributed by atoms with van der Waals surface area (Å²) in [5, 5.41) is 0. The SMILES string of the molecule is CC1=CC(C2=CCCCC2)CC=C1. The van der Waals surface area contributed by atoms with Gasteiger partial charge in [0.05, 0.1) is 0 Å². The van der Waals surface area contributed by atoms with Crippen molar-refractivity contribution in [3.8, 4) is 0 Å². The molecule has 0 aromatic rings. The largest absolute Gasteiger partial charge is 0.0847 e. The van der Waals surface area contributed by atoms with Gasteiger partial charge in [-0.15, -0.1) is 0 Å². The molecule has 0 radical (unpaired) electrons. The van der Waals surface area contributed by atoms with Gasteiger partial charge >= 0.3 is 0 Å². The van der Waals surface area contributed by atoms with Crippen LogP contribution in [-0.2, 0) is 0 Å². The molecule has 0 saturated heterocycles. The summed E-state index contributed by atoms with van der Waals surface area (Å²) in [6.07, 6.45) is 16.1. The van der Waals surface area contributed by atoms with Crippen LogP contribution >= 0.6 is 0 Å². The molecule has 0 N–H and O–H groups in total. The van der Waals surface area contributed by atoms with E-state index in [0.717, 1.165) is 5.92 Å². The highest BCUT2D eigenvalue weighted by atomic mass is 14.2. The Bertz CT molecular complexity index is 266. The van der Waals surface area contributed by atoms with Crippen LogP contribution in [0.25, 0.3) is 0 Å². The van der Waals surface area contributed by atoms with E-state index < -0.39 is 0 Å². The van der Waals surface area contributed by atoms with Gasteiger partial charge in [0.25, 0.3) is 0 Å². The Balaban J connectivity index is 2.08. The van der Waals surface area contributed by atoms with Gasteiger partial charge in [0.1, 0.15) is 0 Å². The second kappa shape index (κ2) is 3.95. The van der Waals surface area contributed by atoms with Crippen molar-refractivity contribution in [2.45, 2.75) is 39.0 Å². The zero-order valence-electron chi connectivity index (χ0n) is 8.42. The molecule has 0 heterocycles. The molecular formula is C13H18. The van der Waals surface area contributed by atoms with Crippen LogP contribution in [-0.4, -0.2) is 0 Å². The van der Waals surface area contributed by atoms with Gasteiger partial charge in [0, 0.05) is 5.92 Å². The van der Waals surface area contributed by atoms with Crippen molar-refractivity contribution in [2.75, 3.05) is 0 Å². The Morgan fingerprint density at radius 2 is 2.23 bits per heavy atom. The van der Waals surface area contributed by atoms with Crippen LogP contribution in [0.5, 0.6) is 0 Å². The number of rotatable bonds is 1. The molecule has 0 fully saturated rings. The maximum Gasteiger partial charge on any atom is 0.00170 e. The molecule has 13 heavy (non-hydrogen) atoms. The zero-order chi connectivity index (χ0) is 9.10. The standard InChI is InChI=1S/C13H18/c1-11-6-5-9-13(10-11)12-7-3-2-4-8-12/h5-7,10,13H,2-4,8-9H2,1H3. The minimum atomic E-state index is 0.727. The van der Waals surface area contributed by atoms with Crippen LogP contribution in [0.15, 0.2) is 35.5 Å². The van der Waals surface area contributed by atoms with Crippen LogP contribution in [0.1, 0.15) is 39.0 Å². The Morgan fingerprint density at radius 1 is 1.31 bits per heavy atom. The van der Waals surface area contributed by atoms with Crippen molar-refractivity contribution in [2.24, 2.45) is 5.92 Å². The fourth-order valence-corrected chi connectivity index (χ4v) is 2.30. The van der Waals surface area contributed by atoms with Gasteiger partial charge in [-0.1, -0.05) is 35.5 Å². The van der Waals surface area contributed by atoms with Crippen molar-refractivity contribution < 1.29 is 0 Å². The van der Waals surface area contributed by atoms with E-state index in [-0.39, 0.29) is 0 Å². The van der Waals surface area contributed by atoms with Crippen LogP contribution in [0.3, 0.4) is 0 Å². The van der Waals surface area contributed by atoms with Crippen molar-refractivity contribution in [3.63, 3.8) is 0 Å². The van der Waals surface area contributed by atoms with Gasteiger partial charge in [-0.3, -0.25) is 0 Å². The second-order valence-corrected chi connectivity index (χ2v) is 4.18. The molecule has 0 saturated carbocycles. The summed E-state index contributed by atoms with van der Waals surface area (Å²) in [6, 6.07) is 0. The lowest BCUT2D eigenvalue weighted by molar-refractivity contribution is 0.621. The van der Waals surface area contributed by atoms with Crippen LogP contribution in [0, 0.1) is 5.92 Å². The number of hydrogen-bond acceptors (Lipinski definition) is 0. The third-order valence-electron chi connectivity index (χ3n) is 3.04. The first kappa shape index (κ1) is 8.80. The molecule has 2 aliphatic rings. The molecular weight excluding hydrogens is 156 g/mol. The van der Waals surface area contributed by atoms with Crippen molar-refractivity contribution in [1.82, 2.24) is 0 Å². The molecule has 0 aromatic carbocycles. The normalized spacial score (nSPS) is 28.2. The molecule has 0 amide bonds. The van der Waals surface area contributed by atoms with Gasteiger partial charge < -0.3 is 0 Å². The fourth-order valence-electron chi connectivity index (χ4n) is 2.30. The Kier molecular flexibility index (Phi) is 2.68. The Morgan fingerprint density at radius 3 is 2.92 bits per heavy atom. The number of hydrogen-bond donors (Lipinski definition) is 0. The maximum atomic E-state index is 2.47. The molecule has 0 aromatic heterocycles. The lowest BCUT2D eigenvalue weighted by Gasteiger charge is -2.21. The minimum Gasteiger partial charge on any atom is -0.0847 e. The van der Waals surface area contributed by atoms with E-state index in [2.05, 4.69) is 31.2 Å². The van der Waals surface area contributed by atoms with E-state index in [1.807, 2.05) is 0 Å².